The van der Waals surface area contributed by atoms with E-state index in [0.717, 1.165) is 45.6 Å². The highest BCUT2D eigenvalue weighted by Crippen LogP contribution is 2.14. The van der Waals surface area contributed by atoms with Crippen LogP contribution < -0.4 is 5.32 Å². The fourth-order valence-electron chi connectivity index (χ4n) is 2.65. The Bertz CT molecular complexity index is 299. The lowest BCUT2D eigenvalue weighted by atomic mass is 9.95. The molecular formula is C15H31N3O2. The number of nitrogens with zero attached hydrogens (tertiary/aromatic N) is 2. The van der Waals surface area contributed by atoms with Crippen molar-refractivity contribution >= 4 is 5.97 Å². The molecule has 5 nitrogen and oxygen atoms in total. The summed E-state index contributed by atoms with van der Waals surface area (Å²) >= 11 is 0. The van der Waals surface area contributed by atoms with Gasteiger partial charge in [-0.3, -0.25) is 4.79 Å². The number of carbonyl (C=O) groups is 1. The molecule has 1 atom stereocenters. The van der Waals surface area contributed by atoms with Gasteiger partial charge in [0, 0.05) is 13.1 Å². The number of nitrogens with one attached hydrogen (secondary N) is 1. The van der Waals surface area contributed by atoms with Crippen LogP contribution in [-0.4, -0.2) is 72.7 Å². The summed E-state index contributed by atoms with van der Waals surface area (Å²) in [5, 5.41) is 12.6. The molecule has 1 rings (SSSR count). The molecular weight excluding hydrogens is 254 g/mol. The summed E-state index contributed by atoms with van der Waals surface area (Å²) in [7, 11) is 2.17. The molecule has 0 aromatic heterocycles. The maximum Gasteiger partial charge on any atom is 0.323 e. The average Bonchev–Trinajstić information content (AvgIpc) is 2.61. The van der Waals surface area contributed by atoms with Gasteiger partial charge in [-0.1, -0.05) is 6.92 Å². The van der Waals surface area contributed by atoms with Crippen molar-refractivity contribution in [2.75, 3.05) is 46.3 Å². The SMILES string of the molecule is CCCNC(C)(CCCN1CCCN(C)CC1)C(=O)O. The molecule has 0 radical (unpaired) electrons. The highest BCUT2D eigenvalue weighted by Gasteiger charge is 2.31. The number of rotatable bonds is 8. The van der Waals surface area contributed by atoms with Gasteiger partial charge in [0.05, 0.1) is 0 Å². The minimum Gasteiger partial charge on any atom is -0.480 e. The molecule has 0 aliphatic carbocycles. The van der Waals surface area contributed by atoms with Gasteiger partial charge in [0.25, 0.3) is 0 Å². The number of hydrogen-bond acceptors (Lipinski definition) is 4. The van der Waals surface area contributed by atoms with Crippen LogP contribution in [0.15, 0.2) is 0 Å². The summed E-state index contributed by atoms with van der Waals surface area (Å²) in [6.45, 7) is 10.1. The lowest BCUT2D eigenvalue weighted by molar-refractivity contribution is -0.144. The Morgan fingerprint density at radius 2 is 2.05 bits per heavy atom. The van der Waals surface area contributed by atoms with Gasteiger partial charge in [0.15, 0.2) is 0 Å². The molecule has 0 spiro atoms. The molecule has 1 aliphatic heterocycles. The number of likely N-dealkylation sites (N-methyl/N-ethyl adjacent to an activating group) is 1. The average molecular weight is 285 g/mol. The van der Waals surface area contributed by atoms with Gasteiger partial charge in [0.1, 0.15) is 5.54 Å². The molecule has 5 heteroatoms. The summed E-state index contributed by atoms with van der Waals surface area (Å²) in [5.74, 6) is -0.735. The lowest BCUT2D eigenvalue weighted by Crippen LogP contribution is -2.50. The Morgan fingerprint density at radius 3 is 2.70 bits per heavy atom. The molecule has 1 fully saturated rings. The van der Waals surface area contributed by atoms with Crippen LogP contribution >= 0.6 is 0 Å². The third-order valence-corrected chi connectivity index (χ3v) is 4.20. The first-order valence-electron chi connectivity index (χ1n) is 7.87. The zero-order chi connectivity index (χ0) is 15.0. The lowest BCUT2D eigenvalue weighted by Gasteiger charge is -2.28. The van der Waals surface area contributed by atoms with Crippen LogP contribution in [0.5, 0.6) is 0 Å². The van der Waals surface area contributed by atoms with Crippen LogP contribution in [0.2, 0.25) is 0 Å². The summed E-state index contributed by atoms with van der Waals surface area (Å²) < 4.78 is 0. The van der Waals surface area contributed by atoms with Crippen molar-refractivity contribution in [1.29, 1.82) is 0 Å². The van der Waals surface area contributed by atoms with Gasteiger partial charge in [0.2, 0.25) is 0 Å². The van der Waals surface area contributed by atoms with Crippen LogP contribution in [0.1, 0.15) is 39.5 Å². The number of hydrogen-bond donors (Lipinski definition) is 2. The first-order valence-corrected chi connectivity index (χ1v) is 7.87. The van der Waals surface area contributed by atoms with Crippen LogP contribution in [0, 0.1) is 0 Å². The Balaban J connectivity index is 2.34. The molecule has 0 saturated carbocycles. The molecule has 1 saturated heterocycles. The largest absolute Gasteiger partial charge is 0.480 e. The fourth-order valence-corrected chi connectivity index (χ4v) is 2.65. The number of carboxylic acids is 1. The van der Waals surface area contributed by atoms with Crippen LogP contribution in [0.4, 0.5) is 0 Å². The van der Waals surface area contributed by atoms with E-state index in [4.69, 9.17) is 0 Å². The fraction of sp³-hybridized carbons (Fsp3) is 0.933. The van der Waals surface area contributed by atoms with Gasteiger partial charge >= 0.3 is 5.97 Å². The Hall–Kier alpha value is -0.650. The second kappa shape index (κ2) is 8.60. The zero-order valence-corrected chi connectivity index (χ0v) is 13.3. The van der Waals surface area contributed by atoms with Crippen molar-refractivity contribution in [2.24, 2.45) is 0 Å². The Morgan fingerprint density at radius 1 is 1.30 bits per heavy atom. The molecule has 0 amide bonds. The van der Waals surface area contributed by atoms with Crippen molar-refractivity contribution in [3.8, 4) is 0 Å². The molecule has 0 bridgehead atoms. The third kappa shape index (κ3) is 5.77. The van der Waals surface area contributed by atoms with Gasteiger partial charge in [-0.15, -0.1) is 0 Å². The van der Waals surface area contributed by atoms with Crippen LogP contribution in [0.3, 0.4) is 0 Å². The van der Waals surface area contributed by atoms with Crippen molar-refractivity contribution in [1.82, 2.24) is 15.1 Å². The Kier molecular flexibility index (Phi) is 7.48. The first-order chi connectivity index (χ1) is 9.48. The molecule has 1 heterocycles. The standard InChI is InChI=1S/C15H31N3O2/c1-4-8-16-15(2,14(19)20)7-5-10-18-11-6-9-17(3)12-13-18/h16H,4-13H2,1-3H3,(H,19,20). The summed E-state index contributed by atoms with van der Waals surface area (Å²) in [4.78, 5) is 16.3. The van der Waals surface area contributed by atoms with Crippen molar-refractivity contribution < 1.29 is 9.90 Å². The smallest absolute Gasteiger partial charge is 0.323 e. The predicted molar refractivity (Wildman–Crippen MR) is 82.1 cm³/mol. The molecule has 0 aromatic rings. The number of carboxylic acid groups (broad SMARTS) is 1. The zero-order valence-electron chi connectivity index (χ0n) is 13.3. The van der Waals surface area contributed by atoms with Crippen LogP contribution in [-0.2, 0) is 4.79 Å². The van der Waals surface area contributed by atoms with E-state index in [0.29, 0.717) is 6.42 Å². The van der Waals surface area contributed by atoms with E-state index in [1.807, 2.05) is 0 Å². The van der Waals surface area contributed by atoms with Gasteiger partial charge in [-0.05, 0) is 65.8 Å². The second-order valence-corrected chi connectivity index (χ2v) is 6.17. The summed E-state index contributed by atoms with van der Waals surface area (Å²) in [5.41, 5.74) is -0.779. The minimum atomic E-state index is -0.779. The molecule has 20 heavy (non-hydrogen) atoms. The first kappa shape index (κ1) is 17.4. The normalized spacial score (nSPS) is 21.4. The van der Waals surface area contributed by atoms with Gasteiger partial charge < -0.3 is 20.2 Å². The monoisotopic (exact) mass is 285 g/mol. The van der Waals surface area contributed by atoms with E-state index >= 15 is 0 Å². The van der Waals surface area contributed by atoms with E-state index in [2.05, 4.69) is 29.1 Å². The molecule has 118 valence electrons. The van der Waals surface area contributed by atoms with Gasteiger partial charge in [-0.25, -0.2) is 0 Å². The van der Waals surface area contributed by atoms with E-state index in [1.165, 1.54) is 13.0 Å². The van der Waals surface area contributed by atoms with E-state index in [9.17, 15) is 9.90 Å². The molecule has 1 aliphatic rings. The quantitative estimate of drug-likeness (QED) is 0.703. The molecule has 1 unspecified atom stereocenters. The molecule has 0 aromatic carbocycles. The minimum absolute atomic E-state index is 0.689. The topological polar surface area (TPSA) is 55.8 Å². The van der Waals surface area contributed by atoms with Crippen molar-refractivity contribution in [2.45, 2.75) is 45.1 Å². The van der Waals surface area contributed by atoms with E-state index < -0.39 is 11.5 Å². The van der Waals surface area contributed by atoms with E-state index in [-0.39, 0.29) is 0 Å². The Labute approximate surface area is 123 Å². The van der Waals surface area contributed by atoms with Crippen molar-refractivity contribution in [3.05, 3.63) is 0 Å². The highest BCUT2D eigenvalue weighted by atomic mass is 16.4. The second-order valence-electron chi connectivity index (χ2n) is 6.17. The van der Waals surface area contributed by atoms with Gasteiger partial charge in [-0.2, -0.15) is 0 Å². The molecule has 2 N–H and O–H groups in total. The number of aliphatic carboxylic acids is 1. The summed E-state index contributed by atoms with van der Waals surface area (Å²) in [6, 6.07) is 0. The summed E-state index contributed by atoms with van der Waals surface area (Å²) in [6.07, 6.45) is 3.79. The van der Waals surface area contributed by atoms with Crippen LogP contribution in [0.25, 0.3) is 0 Å². The van der Waals surface area contributed by atoms with E-state index in [1.54, 1.807) is 6.92 Å². The third-order valence-electron chi connectivity index (χ3n) is 4.20. The van der Waals surface area contributed by atoms with Crippen molar-refractivity contribution in [3.63, 3.8) is 0 Å². The maximum absolute atomic E-state index is 11.4. The maximum atomic E-state index is 11.4. The predicted octanol–water partition coefficient (Wildman–Crippen LogP) is 1.25. The highest BCUT2D eigenvalue weighted by molar-refractivity contribution is 5.78.